The molecule has 1 aromatic carbocycles. The van der Waals surface area contributed by atoms with Gasteiger partial charge in [0.1, 0.15) is 15.7 Å². The fourth-order valence-corrected chi connectivity index (χ4v) is 5.16. The van der Waals surface area contributed by atoms with Crippen molar-refractivity contribution >= 4 is 40.2 Å². The number of Topliss-reactive ketones (excluding diaryl/α,β-unsaturated/α-hetero) is 1. The number of nitrogens with zero attached hydrogens (tertiary/aromatic N) is 3. The van der Waals surface area contributed by atoms with E-state index < -0.39 is 0 Å². The fourth-order valence-electron chi connectivity index (χ4n) is 2.62. The van der Waals surface area contributed by atoms with Gasteiger partial charge >= 0.3 is 0 Å². The monoisotopic (exact) mass is 423 g/mol. The van der Waals surface area contributed by atoms with Gasteiger partial charge in [0, 0.05) is 5.56 Å². The SMILES string of the molecule is Cc1ccc(C(=O)CSc2ccc(-c3sc(-c4cccs4)nc3C)nn2)cc1. The lowest BCUT2D eigenvalue weighted by Gasteiger charge is -2.02. The summed E-state index contributed by atoms with van der Waals surface area (Å²) in [6.07, 6.45) is 0. The summed E-state index contributed by atoms with van der Waals surface area (Å²) in [6.45, 7) is 4.00. The van der Waals surface area contributed by atoms with Gasteiger partial charge in [0.25, 0.3) is 0 Å². The van der Waals surface area contributed by atoms with E-state index in [2.05, 4.69) is 26.6 Å². The third-order valence-corrected chi connectivity index (χ3v) is 7.26. The van der Waals surface area contributed by atoms with Crippen LogP contribution in [0.25, 0.3) is 20.5 Å². The van der Waals surface area contributed by atoms with Crippen LogP contribution in [0, 0.1) is 13.8 Å². The molecule has 0 atom stereocenters. The summed E-state index contributed by atoms with van der Waals surface area (Å²) < 4.78 is 0. The highest BCUT2D eigenvalue weighted by molar-refractivity contribution is 7.99. The van der Waals surface area contributed by atoms with Gasteiger partial charge in [-0.05, 0) is 37.4 Å². The molecule has 0 aliphatic heterocycles. The molecule has 28 heavy (non-hydrogen) atoms. The number of carbonyl (C=O) groups excluding carboxylic acids is 1. The summed E-state index contributed by atoms with van der Waals surface area (Å²) in [5.74, 6) is 0.439. The summed E-state index contributed by atoms with van der Waals surface area (Å²) in [7, 11) is 0. The quantitative estimate of drug-likeness (QED) is 0.285. The third kappa shape index (κ3) is 4.22. The van der Waals surface area contributed by atoms with Crippen LogP contribution in [-0.4, -0.2) is 26.7 Å². The van der Waals surface area contributed by atoms with Crippen molar-refractivity contribution in [2.45, 2.75) is 18.9 Å². The van der Waals surface area contributed by atoms with Crippen LogP contribution >= 0.6 is 34.4 Å². The van der Waals surface area contributed by atoms with Crippen LogP contribution in [0.5, 0.6) is 0 Å². The van der Waals surface area contributed by atoms with E-state index in [9.17, 15) is 4.79 Å². The van der Waals surface area contributed by atoms with Gasteiger partial charge in [-0.3, -0.25) is 4.79 Å². The Labute approximate surface area is 175 Å². The fraction of sp³-hybridized carbons (Fsp3) is 0.143. The number of ketones is 1. The number of aromatic nitrogens is 3. The normalized spacial score (nSPS) is 10.9. The molecule has 0 spiro atoms. The van der Waals surface area contributed by atoms with Crippen molar-refractivity contribution in [3.8, 4) is 20.5 Å². The highest BCUT2D eigenvalue weighted by Gasteiger charge is 2.14. The molecule has 140 valence electrons. The summed E-state index contributed by atoms with van der Waals surface area (Å²) >= 11 is 4.71. The number of benzene rings is 1. The van der Waals surface area contributed by atoms with Gasteiger partial charge < -0.3 is 0 Å². The molecule has 0 saturated carbocycles. The van der Waals surface area contributed by atoms with Crippen molar-refractivity contribution in [1.82, 2.24) is 15.2 Å². The molecule has 0 fully saturated rings. The zero-order valence-corrected chi connectivity index (χ0v) is 17.8. The average molecular weight is 424 g/mol. The predicted octanol–water partition coefficient (Wildman–Crippen LogP) is 5.92. The Bertz CT molecular complexity index is 1090. The molecule has 3 heterocycles. The first kappa shape index (κ1) is 19.0. The second kappa shape index (κ2) is 8.34. The summed E-state index contributed by atoms with van der Waals surface area (Å²) in [4.78, 5) is 19.2. The van der Waals surface area contributed by atoms with E-state index in [1.807, 2.05) is 56.3 Å². The molecule has 0 amide bonds. The number of hydrogen-bond donors (Lipinski definition) is 0. The van der Waals surface area contributed by atoms with E-state index >= 15 is 0 Å². The summed E-state index contributed by atoms with van der Waals surface area (Å²) in [5, 5.41) is 12.4. The Hall–Kier alpha value is -2.35. The molecule has 4 rings (SSSR count). The lowest BCUT2D eigenvalue weighted by Crippen LogP contribution is -2.02. The molecule has 0 bridgehead atoms. The minimum absolute atomic E-state index is 0.0924. The molecule has 0 N–H and O–H groups in total. The Balaban J connectivity index is 1.44. The summed E-state index contributed by atoms with van der Waals surface area (Å²) in [6, 6.07) is 15.6. The molecular weight excluding hydrogens is 406 g/mol. The van der Waals surface area contributed by atoms with E-state index in [1.54, 1.807) is 22.7 Å². The molecular formula is C21H17N3OS3. The van der Waals surface area contributed by atoms with Crippen molar-refractivity contribution < 1.29 is 4.79 Å². The molecule has 0 unspecified atom stereocenters. The Kier molecular flexibility index (Phi) is 5.66. The highest BCUT2D eigenvalue weighted by atomic mass is 32.2. The molecule has 0 aliphatic carbocycles. The van der Waals surface area contributed by atoms with Gasteiger partial charge in [-0.2, -0.15) is 0 Å². The van der Waals surface area contributed by atoms with Crippen molar-refractivity contribution in [2.75, 3.05) is 5.75 Å². The van der Waals surface area contributed by atoms with Crippen LogP contribution in [-0.2, 0) is 0 Å². The minimum atomic E-state index is 0.0924. The number of thiophene rings is 1. The molecule has 0 aliphatic rings. The zero-order valence-electron chi connectivity index (χ0n) is 15.4. The molecule has 0 radical (unpaired) electrons. The maximum absolute atomic E-state index is 12.3. The average Bonchev–Trinajstić information content (AvgIpc) is 3.37. The van der Waals surface area contributed by atoms with Gasteiger partial charge in [-0.25, -0.2) is 4.98 Å². The first-order chi connectivity index (χ1) is 13.6. The van der Waals surface area contributed by atoms with Gasteiger partial charge in [-0.1, -0.05) is 47.7 Å². The molecule has 4 nitrogen and oxygen atoms in total. The number of hydrogen-bond acceptors (Lipinski definition) is 7. The number of carbonyl (C=O) groups is 1. The van der Waals surface area contributed by atoms with E-state index in [1.165, 1.54) is 11.8 Å². The van der Waals surface area contributed by atoms with Gasteiger partial charge in [-0.15, -0.1) is 32.9 Å². The van der Waals surface area contributed by atoms with E-state index in [0.29, 0.717) is 5.75 Å². The standard InChI is InChI=1S/C21H17N3OS3/c1-13-5-7-15(8-6-13)17(25)12-27-19-10-9-16(23-24-19)20-14(2)22-21(28-20)18-4-3-11-26-18/h3-11H,12H2,1-2H3. The summed E-state index contributed by atoms with van der Waals surface area (Å²) in [5.41, 5.74) is 3.64. The van der Waals surface area contributed by atoms with Crippen LogP contribution in [0.15, 0.2) is 58.9 Å². The highest BCUT2D eigenvalue weighted by Crippen LogP contribution is 2.36. The van der Waals surface area contributed by atoms with Gasteiger partial charge in [0.15, 0.2) is 5.78 Å². The van der Waals surface area contributed by atoms with Crippen LogP contribution in [0.4, 0.5) is 0 Å². The lowest BCUT2D eigenvalue weighted by molar-refractivity contribution is 0.102. The maximum atomic E-state index is 12.3. The second-order valence-corrected chi connectivity index (χ2v) is 9.19. The van der Waals surface area contributed by atoms with E-state index in [4.69, 9.17) is 0 Å². The minimum Gasteiger partial charge on any atom is -0.293 e. The topological polar surface area (TPSA) is 55.7 Å². The second-order valence-electron chi connectivity index (χ2n) is 6.25. The van der Waals surface area contributed by atoms with Crippen LogP contribution < -0.4 is 0 Å². The van der Waals surface area contributed by atoms with E-state index in [0.717, 1.165) is 42.3 Å². The maximum Gasteiger partial charge on any atom is 0.173 e. The van der Waals surface area contributed by atoms with Crippen LogP contribution in [0.3, 0.4) is 0 Å². The zero-order chi connectivity index (χ0) is 19.5. The number of rotatable bonds is 6. The Morgan fingerprint density at radius 2 is 1.86 bits per heavy atom. The van der Waals surface area contributed by atoms with Crippen molar-refractivity contribution in [3.05, 3.63) is 70.7 Å². The molecule has 0 saturated heterocycles. The number of thiazole rings is 1. The van der Waals surface area contributed by atoms with Gasteiger partial charge in [0.05, 0.1) is 21.2 Å². The van der Waals surface area contributed by atoms with Crippen molar-refractivity contribution in [1.29, 1.82) is 0 Å². The Morgan fingerprint density at radius 3 is 2.54 bits per heavy atom. The third-order valence-electron chi connectivity index (χ3n) is 4.13. The molecule has 3 aromatic heterocycles. The lowest BCUT2D eigenvalue weighted by atomic mass is 10.1. The largest absolute Gasteiger partial charge is 0.293 e. The first-order valence-electron chi connectivity index (χ1n) is 8.68. The smallest absolute Gasteiger partial charge is 0.173 e. The number of aryl methyl sites for hydroxylation is 2. The first-order valence-corrected chi connectivity index (χ1v) is 11.4. The van der Waals surface area contributed by atoms with Crippen molar-refractivity contribution in [2.24, 2.45) is 0 Å². The van der Waals surface area contributed by atoms with Gasteiger partial charge in [0.2, 0.25) is 0 Å². The van der Waals surface area contributed by atoms with Crippen molar-refractivity contribution in [3.63, 3.8) is 0 Å². The Morgan fingerprint density at radius 1 is 1.04 bits per heavy atom. The van der Waals surface area contributed by atoms with Crippen LogP contribution in [0.2, 0.25) is 0 Å². The number of thioether (sulfide) groups is 1. The molecule has 4 aromatic rings. The molecule has 7 heteroatoms. The van der Waals surface area contributed by atoms with E-state index in [-0.39, 0.29) is 5.78 Å². The predicted molar refractivity (Wildman–Crippen MR) is 117 cm³/mol. The van der Waals surface area contributed by atoms with Crippen LogP contribution in [0.1, 0.15) is 21.6 Å².